The highest BCUT2D eigenvalue weighted by atomic mass is 16.6. The van der Waals surface area contributed by atoms with E-state index in [9.17, 15) is 4.79 Å². The highest BCUT2D eigenvalue weighted by molar-refractivity contribution is 5.70. The molecule has 0 amide bonds. The van der Waals surface area contributed by atoms with Gasteiger partial charge in [-0.1, -0.05) is 6.08 Å². The Bertz CT molecular complexity index is 204. The van der Waals surface area contributed by atoms with Gasteiger partial charge in [0.1, 0.15) is 5.76 Å². The smallest absolute Gasteiger partial charge is 0.344 e. The van der Waals surface area contributed by atoms with Crippen LogP contribution in [0.25, 0.3) is 0 Å². The van der Waals surface area contributed by atoms with Gasteiger partial charge in [0.05, 0.1) is 6.61 Å². The van der Waals surface area contributed by atoms with Gasteiger partial charge in [0, 0.05) is 0 Å². The first-order valence-corrected chi connectivity index (χ1v) is 4.32. The van der Waals surface area contributed by atoms with E-state index < -0.39 is 0 Å². The Morgan fingerprint density at radius 1 is 1.31 bits per heavy atom. The van der Waals surface area contributed by atoms with E-state index in [2.05, 4.69) is 0 Å². The Kier molecular flexibility index (Phi) is 6.69. The Balaban J connectivity index is 3.79. The number of hydrogen-bond donors (Lipinski definition) is 0. The molecule has 0 aliphatic rings. The summed E-state index contributed by atoms with van der Waals surface area (Å²) in [5.74, 6) is 0.335. The molecule has 0 saturated carbocycles. The molecule has 0 rings (SSSR count). The van der Waals surface area contributed by atoms with E-state index in [1.54, 1.807) is 19.1 Å². The summed E-state index contributed by atoms with van der Waals surface area (Å²) in [6.07, 6.45) is 5.43. The molecule has 0 bridgehead atoms. The number of allylic oxidation sites excluding steroid dienone is 3. The minimum Gasteiger partial charge on any atom is -0.482 e. The molecular weight excluding hydrogens is 168 g/mol. The van der Waals surface area contributed by atoms with Gasteiger partial charge in [-0.15, -0.1) is 0 Å². The quantitative estimate of drug-likeness (QED) is 0.372. The fraction of sp³-hybridized carbons (Fsp3) is 0.500. The van der Waals surface area contributed by atoms with Crippen molar-refractivity contribution in [1.82, 2.24) is 0 Å². The molecule has 0 spiro atoms. The summed E-state index contributed by atoms with van der Waals surface area (Å²) in [7, 11) is 0. The largest absolute Gasteiger partial charge is 0.482 e. The van der Waals surface area contributed by atoms with Gasteiger partial charge >= 0.3 is 5.97 Å². The van der Waals surface area contributed by atoms with Gasteiger partial charge in [0.2, 0.25) is 0 Å². The molecule has 0 atom stereocenters. The van der Waals surface area contributed by atoms with E-state index in [0.29, 0.717) is 12.4 Å². The van der Waals surface area contributed by atoms with Gasteiger partial charge in [0.25, 0.3) is 0 Å². The van der Waals surface area contributed by atoms with E-state index in [0.717, 1.165) is 0 Å². The maximum absolute atomic E-state index is 10.9. The Hall–Kier alpha value is -1.25. The lowest BCUT2D eigenvalue weighted by atomic mass is 10.4. The topological polar surface area (TPSA) is 35.5 Å². The minimum atomic E-state index is -0.341. The first kappa shape index (κ1) is 11.8. The standard InChI is InChI=1S/C10H16O3/c1-4-7-9(5-2)13-8-10(11)12-6-3/h4-5,7H,6,8H2,1-3H3. The number of ether oxygens (including phenoxy) is 2. The number of rotatable bonds is 5. The minimum absolute atomic E-state index is 0.0299. The van der Waals surface area contributed by atoms with Crippen molar-refractivity contribution < 1.29 is 14.3 Å². The van der Waals surface area contributed by atoms with Crippen molar-refractivity contribution in [1.29, 1.82) is 0 Å². The monoisotopic (exact) mass is 184 g/mol. The van der Waals surface area contributed by atoms with Crippen molar-refractivity contribution >= 4 is 5.97 Å². The van der Waals surface area contributed by atoms with Crippen LogP contribution in [0.4, 0.5) is 0 Å². The van der Waals surface area contributed by atoms with E-state index in [1.165, 1.54) is 0 Å². The average molecular weight is 184 g/mol. The Morgan fingerprint density at radius 2 is 2.00 bits per heavy atom. The molecule has 0 aromatic heterocycles. The van der Waals surface area contributed by atoms with Gasteiger partial charge in [0.15, 0.2) is 6.61 Å². The van der Waals surface area contributed by atoms with Crippen molar-refractivity contribution in [3.05, 3.63) is 24.0 Å². The molecule has 0 saturated heterocycles. The SMILES string of the molecule is CC=CC(=CC)OCC(=O)OCC. The summed E-state index contributed by atoms with van der Waals surface area (Å²) >= 11 is 0. The molecule has 3 heteroatoms. The number of carbonyl (C=O) groups is 1. The van der Waals surface area contributed by atoms with Crippen LogP contribution in [0.1, 0.15) is 20.8 Å². The van der Waals surface area contributed by atoms with Crippen LogP contribution in [0.15, 0.2) is 24.0 Å². The predicted molar refractivity (Wildman–Crippen MR) is 51.2 cm³/mol. The van der Waals surface area contributed by atoms with E-state index in [-0.39, 0.29) is 12.6 Å². The maximum Gasteiger partial charge on any atom is 0.344 e. The van der Waals surface area contributed by atoms with Crippen LogP contribution in [-0.4, -0.2) is 19.2 Å². The third-order valence-corrected chi connectivity index (χ3v) is 1.28. The predicted octanol–water partition coefficient (Wildman–Crippen LogP) is 2.05. The summed E-state index contributed by atoms with van der Waals surface area (Å²) < 4.78 is 9.85. The molecule has 0 heterocycles. The summed E-state index contributed by atoms with van der Waals surface area (Å²) in [4.78, 5) is 10.9. The van der Waals surface area contributed by atoms with Crippen LogP contribution >= 0.6 is 0 Å². The van der Waals surface area contributed by atoms with E-state index >= 15 is 0 Å². The highest BCUT2D eigenvalue weighted by Crippen LogP contribution is 1.99. The summed E-state index contributed by atoms with van der Waals surface area (Å²) in [6.45, 7) is 5.85. The average Bonchev–Trinajstić information content (AvgIpc) is 2.12. The third-order valence-electron chi connectivity index (χ3n) is 1.28. The first-order chi connectivity index (χ1) is 6.24. The fourth-order valence-electron chi connectivity index (χ4n) is 0.737. The van der Waals surface area contributed by atoms with Crippen LogP contribution < -0.4 is 0 Å². The van der Waals surface area contributed by atoms with Crippen LogP contribution in [0.5, 0.6) is 0 Å². The molecule has 3 nitrogen and oxygen atoms in total. The van der Waals surface area contributed by atoms with Crippen molar-refractivity contribution in [3.8, 4) is 0 Å². The lowest BCUT2D eigenvalue weighted by Crippen LogP contribution is -2.11. The van der Waals surface area contributed by atoms with E-state index in [1.807, 2.05) is 19.9 Å². The second-order valence-electron chi connectivity index (χ2n) is 2.28. The van der Waals surface area contributed by atoms with Crippen molar-refractivity contribution in [2.45, 2.75) is 20.8 Å². The molecule has 0 fully saturated rings. The number of esters is 1. The summed E-state index contributed by atoms with van der Waals surface area (Å²) in [5, 5.41) is 0. The van der Waals surface area contributed by atoms with Crippen LogP contribution in [0, 0.1) is 0 Å². The summed E-state index contributed by atoms with van der Waals surface area (Å²) in [6, 6.07) is 0. The normalized spacial score (nSPS) is 11.8. The third kappa shape index (κ3) is 5.96. The first-order valence-electron chi connectivity index (χ1n) is 4.32. The van der Waals surface area contributed by atoms with Crippen LogP contribution in [-0.2, 0) is 14.3 Å². The molecule has 0 aromatic carbocycles. The van der Waals surface area contributed by atoms with Gasteiger partial charge in [-0.05, 0) is 32.9 Å². The maximum atomic E-state index is 10.9. The molecule has 0 aliphatic carbocycles. The van der Waals surface area contributed by atoms with Crippen LogP contribution in [0.3, 0.4) is 0 Å². The zero-order valence-corrected chi connectivity index (χ0v) is 8.37. The molecule has 13 heavy (non-hydrogen) atoms. The molecular formula is C10H16O3. The molecule has 0 aromatic rings. The number of hydrogen-bond acceptors (Lipinski definition) is 3. The van der Waals surface area contributed by atoms with Crippen molar-refractivity contribution in [2.75, 3.05) is 13.2 Å². The van der Waals surface area contributed by atoms with Crippen molar-refractivity contribution in [2.24, 2.45) is 0 Å². The molecule has 0 N–H and O–H groups in total. The molecule has 0 aliphatic heterocycles. The Labute approximate surface area is 79.0 Å². The lowest BCUT2D eigenvalue weighted by molar-refractivity contribution is -0.146. The summed E-state index contributed by atoms with van der Waals surface area (Å²) in [5.41, 5.74) is 0. The fourth-order valence-corrected chi connectivity index (χ4v) is 0.737. The molecule has 0 unspecified atom stereocenters. The van der Waals surface area contributed by atoms with E-state index in [4.69, 9.17) is 9.47 Å². The van der Waals surface area contributed by atoms with Crippen LogP contribution in [0.2, 0.25) is 0 Å². The van der Waals surface area contributed by atoms with Gasteiger partial charge in [-0.3, -0.25) is 0 Å². The van der Waals surface area contributed by atoms with Crippen molar-refractivity contribution in [3.63, 3.8) is 0 Å². The van der Waals surface area contributed by atoms with Gasteiger partial charge in [-0.2, -0.15) is 0 Å². The highest BCUT2D eigenvalue weighted by Gasteiger charge is 2.01. The zero-order valence-electron chi connectivity index (χ0n) is 8.37. The second kappa shape index (κ2) is 7.40. The Morgan fingerprint density at radius 3 is 2.46 bits per heavy atom. The second-order valence-corrected chi connectivity index (χ2v) is 2.28. The lowest BCUT2D eigenvalue weighted by Gasteiger charge is -2.05. The van der Waals surface area contributed by atoms with Gasteiger partial charge < -0.3 is 9.47 Å². The van der Waals surface area contributed by atoms with Gasteiger partial charge in [-0.25, -0.2) is 4.79 Å². The molecule has 0 radical (unpaired) electrons. The molecule has 74 valence electrons. The zero-order chi connectivity index (χ0) is 10.1. The number of carbonyl (C=O) groups excluding carboxylic acids is 1.